The van der Waals surface area contributed by atoms with Crippen molar-refractivity contribution in [2.45, 2.75) is 19.3 Å². The third-order valence-electron chi connectivity index (χ3n) is 3.98. The van der Waals surface area contributed by atoms with Gasteiger partial charge >= 0.3 is 0 Å². The largest absolute Gasteiger partial charge is 0.337 e. The van der Waals surface area contributed by atoms with Crippen molar-refractivity contribution in [2.24, 2.45) is 0 Å². The molecular weight excluding hydrogens is 296 g/mol. The lowest BCUT2D eigenvalue weighted by Crippen LogP contribution is -2.35. The van der Waals surface area contributed by atoms with E-state index in [1.807, 2.05) is 28.7 Å². The first-order valence-corrected chi connectivity index (χ1v) is 8.38. The standard InChI is InChI=1S/C16H16N4OS/c21-16(19-6-2-1-3-7-19)13-9-15-17-10-12(11-20(15)18-13)14-5-4-8-22-14/h4-5,8-11H,1-3,6-7H2. The second kappa shape index (κ2) is 5.53. The first-order valence-electron chi connectivity index (χ1n) is 7.50. The second-order valence-corrected chi connectivity index (χ2v) is 6.45. The van der Waals surface area contributed by atoms with E-state index in [4.69, 9.17) is 0 Å². The van der Waals surface area contributed by atoms with Crippen LogP contribution in [0.5, 0.6) is 0 Å². The maximum Gasteiger partial charge on any atom is 0.274 e. The van der Waals surface area contributed by atoms with Crippen LogP contribution in [-0.4, -0.2) is 38.5 Å². The summed E-state index contributed by atoms with van der Waals surface area (Å²) in [7, 11) is 0. The third-order valence-corrected chi connectivity index (χ3v) is 4.90. The minimum Gasteiger partial charge on any atom is -0.337 e. The van der Waals surface area contributed by atoms with Gasteiger partial charge in [-0.3, -0.25) is 4.79 Å². The summed E-state index contributed by atoms with van der Waals surface area (Å²) < 4.78 is 1.70. The van der Waals surface area contributed by atoms with Crippen molar-refractivity contribution in [2.75, 3.05) is 13.1 Å². The fourth-order valence-corrected chi connectivity index (χ4v) is 3.51. The highest BCUT2D eigenvalue weighted by molar-refractivity contribution is 7.13. The molecular formula is C16H16N4OS. The molecule has 0 aromatic carbocycles. The lowest BCUT2D eigenvalue weighted by Gasteiger charge is -2.25. The second-order valence-electron chi connectivity index (χ2n) is 5.51. The number of hydrogen-bond donors (Lipinski definition) is 0. The topological polar surface area (TPSA) is 50.5 Å². The van der Waals surface area contributed by atoms with E-state index in [1.54, 1.807) is 21.9 Å². The molecule has 4 heterocycles. The molecule has 0 radical (unpaired) electrons. The molecule has 1 fully saturated rings. The molecule has 1 amide bonds. The average Bonchev–Trinajstić information content (AvgIpc) is 3.23. The van der Waals surface area contributed by atoms with Crippen molar-refractivity contribution in [1.29, 1.82) is 0 Å². The highest BCUT2D eigenvalue weighted by Crippen LogP contribution is 2.24. The smallest absolute Gasteiger partial charge is 0.274 e. The fraction of sp³-hybridized carbons (Fsp3) is 0.312. The number of nitrogens with zero attached hydrogens (tertiary/aromatic N) is 4. The number of fused-ring (bicyclic) bond motifs is 1. The summed E-state index contributed by atoms with van der Waals surface area (Å²) in [6, 6.07) is 5.84. The maximum atomic E-state index is 12.5. The summed E-state index contributed by atoms with van der Waals surface area (Å²) >= 11 is 1.66. The van der Waals surface area contributed by atoms with E-state index in [2.05, 4.69) is 16.1 Å². The van der Waals surface area contributed by atoms with Crippen molar-refractivity contribution >= 4 is 22.9 Å². The number of piperidine rings is 1. The van der Waals surface area contributed by atoms with E-state index < -0.39 is 0 Å². The molecule has 0 bridgehead atoms. The fourth-order valence-electron chi connectivity index (χ4n) is 2.81. The summed E-state index contributed by atoms with van der Waals surface area (Å²) in [4.78, 5) is 20.0. The van der Waals surface area contributed by atoms with Gasteiger partial charge in [-0.25, -0.2) is 9.50 Å². The van der Waals surface area contributed by atoms with Crippen molar-refractivity contribution in [3.05, 3.63) is 41.7 Å². The zero-order valence-corrected chi connectivity index (χ0v) is 12.9. The van der Waals surface area contributed by atoms with Crippen molar-refractivity contribution in [3.8, 4) is 10.4 Å². The van der Waals surface area contributed by atoms with Gasteiger partial charge in [0.2, 0.25) is 0 Å². The van der Waals surface area contributed by atoms with E-state index in [0.717, 1.165) is 36.4 Å². The Morgan fingerprint density at radius 2 is 2.09 bits per heavy atom. The Balaban J connectivity index is 1.67. The van der Waals surface area contributed by atoms with Crippen LogP contribution in [0, 0.1) is 0 Å². The Kier molecular flexibility index (Phi) is 3.38. The Hall–Kier alpha value is -2.21. The minimum absolute atomic E-state index is 0.0165. The van der Waals surface area contributed by atoms with Crippen LogP contribution in [0.15, 0.2) is 36.0 Å². The molecule has 1 saturated heterocycles. The van der Waals surface area contributed by atoms with Gasteiger partial charge in [0.1, 0.15) is 0 Å². The molecule has 1 aliphatic rings. The van der Waals surface area contributed by atoms with Crippen LogP contribution in [0.2, 0.25) is 0 Å². The molecule has 0 atom stereocenters. The number of thiophene rings is 1. The van der Waals surface area contributed by atoms with Crippen LogP contribution < -0.4 is 0 Å². The van der Waals surface area contributed by atoms with Crippen LogP contribution in [0.3, 0.4) is 0 Å². The summed E-state index contributed by atoms with van der Waals surface area (Å²) in [5.74, 6) is 0.0165. The van der Waals surface area contributed by atoms with Gasteiger partial charge in [0.15, 0.2) is 11.3 Å². The van der Waals surface area contributed by atoms with Crippen LogP contribution in [0.25, 0.3) is 16.1 Å². The van der Waals surface area contributed by atoms with Gasteiger partial charge in [0.05, 0.1) is 0 Å². The van der Waals surface area contributed by atoms with E-state index in [1.165, 1.54) is 6.42 Å². The van der Waals surface area contributed by atoms with Gasteiger partial charge in [-0.1, -0.05) is 6.07 Å². The summed E-state index contributed by atoms with van der Waals surface area (Å²) in [5, 5.41) is 6.46. The van der Waals surface area contributed by atoms with Gasteiger partial charge in [0.25, 0.3) is 5.91 Å². The van der Waals surface area contributed by atoms with E-state index >= 15 is 0 Å². The average molecular weight is 312 g/mol. The molecule has 112 valence electrons. The van der Waals surface area contributed by atoms with E-state index in [9.17, 15) is 4.79 Å². The van der Waals surface area contributed by atoms with Crippen LogP contribution in [0.4, 0.5) is 0 Å². The van der Waals surface area contributed by atoms with Crippen molar-refractivity contribution < 1.29 is 4.79 Å². The highest BCUT2D eigenvalue weighted by atomic mass is 32.1. The first kappa shape index (κ1) is 13.5. The lowest BCUT2D eigenvalue weighted by molar-refractivity contribution is 0.0718. The maximum absolute atomic E-state index is 12.5. The number of carbonyl (C=O) groups is 1. The molecule has 5 nitrogen and oxygen atoms in total. The summed E-state index contributed by atoms with van der Waals surface area (Å²) in [5.41, 5.74) is 2.21. The molecule has 3 aromatic rings. The zero-order chi connectivity index (χ0) is 14.9. The van der Waals surface area contributed by atoms with Gasteiger partial charge < -0.3 is 4.90 Å². The van der Waals surface area contributed by atoms with E-state index in [0.29, 0.717) is 11.3 Å². The van der Waals surface area contributed by atoms with Crippen molar-refractivity contribution in [1.82, 2.24) is 19.5 Å². The number of aromatic nitrogens is 3. The molecule has 0 aliphatic carbocycles. The van der Waals surface area contributed by atoms with Gasteiger partial charge in [-0.2, -0.15) is 5.10 Å². The number of likely N-dealkylation sites (tertiary alicyclic amines) is 1. The predicted octanol–water partition coefficient (Wildman–Crippen LogP) is 3.08. The van der Waals surface area contributed by atoms with Crippen LogP contribution in [0.1, 0.15) is 29.8 Å². The SMILES string of the molecule is O=C(c1cc2ncc(-c3cccs3)cn2n1)N1CCCCC1. The lowest BCUT2D eigenvalue weighted by atomic mass is 10.1. The summed E-state index contributed by atoms with van der Waals surface area (Å²) in [6.45, 7) is 1.67. The highest BCUT2D eigenvalue weighted by Gasteiger charge is 2.21. The van der Waals surface area contributed by atoms with Crippen LogP contribution in [-0.2, 0) is 0 Å². The normalized spacial score (nSPS) is 15.4. The molecule has 3 aromatic heterocycles. The monoisotopic (exact) mass is 312 g/mol. The Morgan fingerprint density at radius 3 is 2.86 bits per heavy atom. The molecule has 4 rings (SSSR count). The molecule has 0 saturated carbocycles. The Labute approximate surface area is 132 Å². The van der Waals surface area contributed by atoms with E-state index in [-0.39, 0.29) is 5.91 Å². The molecule has 1 aliphatic heterocycles. The molecule has 0 N–H and O–H groups in total. The van der Waals surface area contributed by atoms with Gasteiger partial charge in [-0.15, -0.1) is 11.3 Å². The molecule has 0 unspecified atom stereocenters. The molecule has 22 heavy (non-hydrogen) atoms. The molecule has 6 heteroatoms. The Morgan fingerprint density at radius 1 is 1.23 bits per heavy atom. The van der Waals surface area contributed by atoms with Crippen LogP contribution >= 0.6 is 11.3 Å². The quantitative estimate of drug-likeness (QED) is 0.730. The predicted molar refractivity (Wildman–Crippen MR) is 86.1 cm³/mol. The van der Waals surface area contributed by atoms with Gasteiger partial charge in [-0.05, 0) is 30.7 Å². The number of amides is 1. The number of rotatable bonds is 2. The number of carbonyl (C=O) groups excluding carboxylic acids is 1. The van der Waals surface area contributed by atoms with Crippen molar-refractivity contribution in [3.63, 3.8) is 0 Å². The zero-order valence-electron chi connectivity index (χ0n) is 12.1. The minimum atomic E-state index is 0.0165. The van der Waals surface area contributed by atoms with Gasteiger partial charge in [0, 0.05) is 42.0 Å². The summed E-state index contributed by atoms with van der Waals surface area (Å²) in [6.07, 6.45) is 7.14. The number of hydrogen-bond acceptors (Lipinski definition) is 4. The molecule has 0 spiro atoms. The first-order chi connectivity index (χ1) is 10.8. The third kappa shape index (κ3) is 2.39. The Bertz CT molecular complexity index is 803.